The first-order valence-corrected chi connectivity index (χ1v) is 9.15. The third-order valence-electron chi connectivity index (χ3n) is 5.01. The van der Waals surface area contributed by atoms with Crippen LogP contribution in [0.2, 0.25) is 0 Å². The summed E-state index contributed by atoms with van der Waals surface area (Å²) in [5.41, 5.74) is 2.95. The minimum Gasteiger partial charge on any atom is -0.298 e. The lowest BCUT2D eigenvalue weighted by molar-refractivity contribution is 0.180. The molecule has 7 heteroatoms. The van der Waals surface area contributed by atoms with Gasteiger partial charge in [0, 0.05) is 37.6 Å². The van der Waals surface area contributed by atoms with Crippen LogP contribution in [0.5, 0.6) is 0 Å². The molecular formula is C17H21N5OS. The first-order valence-electron chi connectivity index (χ1n) is 8.27. The predicted octanol–water partition coefficient (Wildman–Crippen LogP) is 2.34. The lowest BCUT2D eigenvalue weighted by Gasteiger charge is -2.32. The van der Waals surface area contributed by atoms with Crippen LogP contribution in [0.1, 0.15) is 29.3 Å². The van der Waals surface area contributed by atoms with Gasteiger partial charge in [-0.3, -0.25) is 14.0 Å². The fourth-order valence-corrected chi connectivity index (χ4v) is 4.47. The number of hydrogen-bond donors (Lipinski definition) is 0. The standard InChI is InChI=1S/C17H21N5OS/c1-12-5-8-24-15(12)10-21-6-3-13(4-7-21)22-16-14(9-18-11-19-16)20(2)17(22)23/h5,8-9,11,13H,3-4,6-7,10H2,1-2H3. The molecule has 3 aromatic heterocycles. The normalized spacial score (nSPS) is 16.9. The Hall–Kier alpha value is -1.99. The lowest BCUT2D eigenvalue weighted by atomic mass is 10.0. The summed E-state index contributed by atoms with van der Waals surface area (Å²) < 4.78 is 3.52. The zero-order valence-electron chi connectivity index (χ0n) is 14.0. The van der Waals surface area contributed by atoms with Crippen molar-refractivity contribution in [3.8, 4) is 0 Å². The van der Waals surface area contributed by atoms with Gasteiger partial charge in [0.1, 0.15) is 11.8 Å². The summed E-state index contributed by atoms with van der Waals surface area (Å²) in [7, 11) is 1.79. The van der Waals surface area contributed by atoms with Crippen LogP contribution >= 0.6 is 11.3 Å². The summed E-state index contributed by atoms with van der Waals surface area (Å²) in [6, 6.07) is 2.40. The number of nitrogens with zero attached hydrogens (tertiary/aromatic N) is 5. The third kappa shape index (κ3) is 2.57. The predicted molar refractivity (Wildman–Crippen MR) is 95.4 cm³/mol. The zero-order valence-corrected chi connectivity index (χ0v) is 14.8. The lowest BCUT2D eigenvalue weighted by Crippen LogP contribution is -2.37. The molecule has 6 nitrogen and oxygen atoms in total. The molecule has 3 aromatic rings. The largest absolute Gasteiger partial charge is 0.330 e. The van der Waals surface area contributed by atoms with Crippen LogP contribution in [0.15, 0.2) is 28.8 Å². The molecule has 0 amide bonds. The van der Waals surface area contributed by atoms with Gasteiger partial charge in [0.2, 0.25) is 0 Å². The fraction of sp³-hybridized carbons (Fsp3) is 0.471. The molecular weight excluding hydrogens is 322 g/mol. The van der Waals surface area contributed by atoms with Crippen molar-refractivity contribution < 1.29 is 0 Å². The van der Waals surface area contributed by atoms with Crippen molar-refractivity contribution in [1.29, 1.82) is 0 Å². The van der Waals surface area contributed by atoms with Crippen molar-refractivity contribution in [2.24, 2.45) is 7.05 Å². The maximum atomic E-state index is 12.6. The topological polar surface area (TPSA) is 56.0 Å². The summed E-state index contributed by atoms with van der Waals surface area (Å²) >= 11 is 1.83. The van der Waals surface area contributed by atoms with E-state index >= 15 is 0 Å². The molecule has 0 N–H and O–H groups in total. The van der Waals surface area contributed by atoms with E-state index in [1.165, 1.54) is 16.8 Å². The highest BCUT2D eigenvalue weighted by molar-refractivity contribution is 7.10. The average molecular weight is 343 g/mol. The van der Waals surface area contributed by atoms with Crippen LogP contribution in [0.4, 0.5) is 0 Å². The van der Waals surface area contributed by atoms with Gasteiger partial charge in [0.25, 0.3) is 0 Å². The molecule has 0 unspecified atom stereocenters. The molecule has 0 spiro atoms. The van der Waals surface area contributed by atoms with E-state index in [1.54, 1.807) is 17.8 Å². The zero-order chi connectivity index (χ0) is 16.7. The summed E-state index contributed by atoms with van der Waals surface area (Å²) in [5.74, 6) is 0. The van der Waals surface area contributed by atoms with Crippen molar-refractivity contribution in [3.05, 3.63) is 44.9 Å². The van der Waals surface area contributed by atoms with Gasteiger partial charge in [-0.25, -0.2) is 14.8 Å². The van der Waals surface area contributed by atoms with E-state index in [-0.39, 0.29) is 11.7 Å². The van der Waals surface area contributed by atoms with Crippen molar-refractivity contribution in [3.63, 3.8) is 0 Å². The summed E-state index contributed by atoms with van der Waals surface area (Å²) in [4.78, 5) is 24.9. The van der Waals surface area contributed by atoms with E-state index in [1.807, 2.05) is 15.9 Å². The number of rotatable bonds is 3. The first kappa shape index (κ1) is 15.5. The highest BCUT2D eigenvalue weighted by Crippen LogP contribution is 2.26. The molecule has 1 saturated heterocycles. The van der Waals surface area contributed by atoms with Gasteiger partial charge in [-0.05, 0) is 36.8 Å². The second-order valence-corrected chi connectivity index (χ2v) is 7.48. The number of hydrogen-bond acceptors (Lipinski definition) is 5. The number of likely N-dealkylation sites (tertiary alicyclic amines) is 1. The number of aryl methyl sites for hydroxylation is 2. The van der Waals surface area contributed by atoms with E-state index in [4.69, 9.17) is 0 Å². The van der Waals surface area contributed by atoms with Crippen LogP contribution < -0.4 is 5.69 Å². The Morgan fingerprint density at radius 1 is 1.33 bits per heavy atom. The monoisotopic (exact) mass is 343 g/mol. The molecule has 0 aromatic carbocycles. The highest BCUT2D eigenvalue weighted by Gasteiger charge is 2.25. The Balaban J connectivity index is 1.53. The molecule has 0 aliphatic carbocycles. The molecule has 1 aliphatic heterocycles. The molecule has 0 saturated carbocycles. The average Bonchev–Trinajstić information content (AvgIpc) is 3.11. The number of thiophene rings is 1. The van der Waals surface area contributed by atoms with Gasteiger partial charge < -0.3 is 0 Å². The van der Waals surface area contributed by atoms with Gasteiger partial charge in [-0.2, -0.15) is 0 Å². The van der Waals surface area contributed by atoms with Crippen LogP contribution in [0, 0.1) is 6.92 Å². The van der Waals surface area contributed by atoms with Gasteiger partial charge >= 0.3 is 5.69 Å². The molecule has 1 fully saturated rings. The highest BCUT2D eigenvalue weighted by atomic mass is 32.1. The molecule has 0 bridgehead atoms. The van der Waals surface area contributed by atoms with Crippen LogP contribution in [0.25, 0.3) is 11.2 Å². The summed E-state index contributed by atoms with van der Waals surface area (Å²) in [6.07, 6.45) is 5.20. The van der Waals surface area contributed by atoms with Crippen LogP contribution in [-0.2, 0) is 13.6 Å². The van der Waals surface area contributed by atoms with Crippen molar-refractivity contribution in [2.75, 3.05) is 13.1 Å². The van der Waals surface area contributed by atoms with E-state index in [0.29, 0.717) is 0 Å². The number of aromatic nitrogens is 4. The fourth-order valence-electron chi connectivity index (χ4n) is 3.53. The van der Waals surface area contributed by atoms with E-state index in [2.05, 4.69) is 33.2 Å². The van der Waals surface area contributed by atoms with Gasteiger partial charge in [0.05, 0.1) is 6.20 Å². The number of fused-ring (bicyclic) bond motifs is 1. The Kier molecular flexibility index (Phi) is 3.97. The Morgan fingerprint density at radius 3 is 2.83 bits per heavy atom. The van der Waals surface area contributed by atoms with Crippen LogP contribution in [-0.4, -0.2) is 37.1 Å². The molecule has 126 valence electrons. The Bertz CT molecular complexity index is 917. The van der Waals surface area contributed by atoms with Crippen molar-refractivity contribution in [1.82, 2.24) is 24.0 Å². The maximum Gasteiger partial charge on any atom is 0.330 e. The molecule has 4 heterocycles. The van der Waals surface area contributed by atoms with Crippen LogP contribution in [0.3, 0.4) is 0 Å². The molecule has 0 radical (unpaired) electrons. The molecule has 4 rings (SSSR count). The second kappa shape index (κ2) is 6.14. The Labute approximate surface area is 144 Å². The minimum atomic E-state index is 0.0121. The van der Waals surface area contributed by atoms with Gasteiger partial charge in [-0.1, -0.05) is 0 Å². The minimum absolute atomic E-state index is 0.0121. The van der Waals surface area contributed by atoms with Crippen molar-refractivity contribution >= 4 is 22.5 Å². The molecule has 1 aliphatic rings. The smallest absolute Gasteiger partial charge is 0.298 e. The number of piperidine rings is 1. The van der Waals surface area contributed by atoms with Gasteiger partial charge in [0.15, 0.2) is 5.65 Å². The summed E-state index contributed by atoms with van der Waals surface area (Å²) in [5, 5.41) is 2.16. The van der Waals surface area contributed by atoms with E-state index < -0.39 is 0 Å². The van der Waals surface area contributed by atoms with Gasteiger partial charge in [-0.15, -0.1) is 11.3 Å². The maximum absolute atomic E-state index is 12.6. The third-order valence-corrected chi connectivity index (χ3v) is 6.02. The van der Waals surface area contributed by atoms with Crippen molar-refractivity contribution in [2.45, 2.75) is 32.4 Å². The first-order chi connectivity index (χ1) is 11.6. The molecule has 24 heavy (non-hydrogen) atoms. The second-order valence-electron chi connectivity index (χ2n) is 6.48. The SMILES string of the molecule is Cc1ccsc1CN1CCC(n2c(=O)n(C)c3cncnc32)CC1. The summed E-state index contributed by atoms with van der Waals surface area (Å²) in [6.45, 7) is 5.21. The molecule has 0 atom stereocenters. The Morgan fingerprint density at radius 2 is 2.12 bits per heavy atom. The number of imidazole rings is 1. The quantitative estimate of drug-likeness (QED) is 0.732. The van der Waals surface area contributed by atoms with E-state index in [0.717, 1.165) is 43.6 Å². The van der Waals surface area contributed by atoms with E-state index in [9.17, 15) is 4.79 Å².